The predicted octanol–water partition coefficient (Wildman–Crippen LogP) is 4.01. The van der Waals surface area contributed by atoms with Crippen molar-refractivity contribution in [2.75, 3.05) is 6.54 Å². The molecule has 0 radical (unpaired) electrons. The van der Waals surface area contributed by atoms with Crippen molar-refractivity contribution in [3.8, 4) is 0 Å². The van der Waals surface area contributed by atoms with Gasteiger partial charge in [-0.1, -0.05) is 89.1 Å². The molecule has 0 fully saturated rings. The SMILES string of the molecule is CC(C)[C@H](NC(=O)OCc1ccccc1)C(=O)NCCCCCCCCCCCn1c(=O)c2c(ncn2C)n(C)c1=O. The largest absolute Gasteiger partial charge is 0.445 e. The van der Waals surface area contributed by atoms with Crippen LogP contribution in [0.2, 0.25) is 0 Å². The van der Waals surface area contributed by atoms with Crippen molar-refractivity contribution in [2.24, 2.45) is 20.0 Å². The molecule has 11 nitrogen and oxygen atoms in total. The lowest BCUT2D eigenvalue weighted by Crippen LogP contribution is -2.50. The first-order valence-corrected chi connectivity index (χ1v) is 15.1. The molecule has 1 aromatic carbocycles. The van der Waals surface area contributed by atoms with Crippen molar-refractivity contribution in [2.45, 2.75) is 90.8 Å². The van der Waals surface area contributed by atoms with Crippen LogP contribution in [0.5, 0.6) is 0 Å². The van der Waals surface area contributed by atoms with Gasteiger partial charge >= 0.3 is 11.8 Å². The summed E-state index contributed by atoms with van der Waals surface area (Å²) in [4.78, 5) is 54.3. The Morgan fingerprint density at radius 1 is 0.905 bits per heavy atom. The number of nitrogens with zero attached hydrogens (tertiary/aromatic N) is 4. The highest BCUT2D eigenvalue weighted by Gasteiger charge is 2.24. The van der Waals surface area contributed by atoms with Crippen LogP contribution in [0.3, 0.4) is 0 Å². The summed E-state index contributed by atoms with van der Waals surface area (Å²) in [6.45, 7) is 4.94. The fourth-order valence-corrected chi connectivity index (χ4v) is 4.97. The molecule has 42 heavy (non-hydrogen) atoms. The molecule has 1 atom stereocenters. The fourth-order valence-electron chi connectivity index (χ4n) is 4.97. The van der Waals surface area contributed by atoms with Crippen LogP contribution in [0.1, 0.15) is 77.2 Å². The molecule has 2 aromatic heterocycles. The van der Waals surface area contributed by atoms with Crippen LogP contribution in [-0.2, 0) is 36.8 Å². The first kappa shape index (κ1) is 32.6. The molecular formula is C31H46N6O5. The van der Waals surface area contributed by atoms with Gasteiger partial charge in [-0.05, 0) is 24.3 Å². The number of imidazole rings is 1. The van der Waals surface area contributed by atoms with E-state index in [1.54, 1.807) is 25.0 Å². The number of carbonyl (C=O) groups excluding carboxylic acids is 2. The summed E-state index contributed by atoms with van der Waals surface area (Å²) >= 11 is 0. The number of alkyl carbamates (subject to hydrolysis) is 1. The monoisotopic (exact) mass is 582 g/mol. The fraction of sp³-hybridized carbons (Fsp3) is 0.581. The first-order chi connectivity index (χ1) is 20.2. The van der Waals surface area contributed by atoms with Gasteiger partial charge in [-0.2, -0.15) is 0 Å². The maximum atomic E-state index is 12.8. The van der Waals surface area contributed by atoms with E-state index in [1.807, 2.05) is 44.2 Å². The smallest absolute Gasteiger partial charge is 0.408 e. The van der Waals surface area contributed by atoms with Gasteiger partial charge in [0, 0.05) is 27.2 Å². The minimum Gasteiger partial charge on any atom is -0.445 e. The molecule has 3 rings (SSSR count). The topological polar surface area (TPSA) is 129 Å². The van der Waals surface area contributed by atoms with Gasteiger partial charge in [0.2, 0.25) is 5.91 Å². The first-order valence-electron chi connectivity index (χ1n) is 15.1. The average molecular weight is 583 g/mol. The zero-order valence-electron chi connectivity index (χ0n) is 25.4. The summed E-state index contributed by atoms with van der Waals surface area (Å²) in [5.74, 6) is -0.257. The number of rotatable bonds is 17. The van der Waals surface area contributed by atoms with Crippen molar-refractivity contribution >= 4 is 23.2 Å². The number of aryl methyl sites for hydroxylation is 2. The minimum atomic E-state index is -0.645. The van der Waals surface area contributed by atoms with E-state index < -0.39 is 12.1 Å². The van der Waals surface area contributed by atoms with Crippen LogP contribution in [0.25, 0.3) is 11.2 Å². The normalized spacial score (nSPS) is 12.0. The zero-order valence-corrected chi connectivity index (χ0v) is 25.4. The summed E-state index contributed by atoms with van der Waals surface area (Å²) in [7, 11) is 3.41. The molecule has 0 unspecified atom stereocenters. The maximum Gasteiger partial charge on any atom is 0.408 e. The number of unbranched alkanes of at least 4 members (excludes halogenated alkanes) is 8. The quantitative estimate of drug-likeness (QED) is 0.231. The number of carbonyl (C=O) groups is 2. The highest BCUT2D eigenvalue weighted by atomic mass is 16.5. The van der Waals surface area contributed by atoms with Crippen molar-refractivity contribution in [3.05, 3.63) is 63.1 Å². The second kappa shape index (κ2) is 16.5. The van der Waals surface area contributed by atoms with E-state index >= 15 is 0 Å². The van der Waals surface area contributed by atoms with Crippen LogP contribution in [0.15, 0.2) is 46.2 Å². The number of benzene rings is 1. The number of fused-ring (bicyclic) bond motifs is 1. The van der Waals surface area contributed by atoms with Gasteiger partial charge in [-0.15, -0.1) is 0 Å². The lowest BCUT2D eigenvalue weighted by Gasteiger charge is -2.21. The highest BCUT2D eigenvalue weighted by molar-refractivity contribution is 5.85. The molecule has 0 aliphatic rings. The van der Waals surface area contributed by atoms with Crippen LogP contribution < -0.4 is 21.9 Å². The standard InChI is InChI=1S/C31H46N6O5/c1-23(2)25(34-30(40)42-21-24-17-13-12-14-18-24)28(38)32-19-15-10-8-6-5-7-9-11-16-20-37-29(39)26-27(33-22-35(26)3)36(4)31(37)41/h12-14,17-18,22-23,25H,5-11,15-16,19-21H2,1-4H3,(H,32,38)(H,34,40)/t25-/m0/s1. The molecule has 2 amide bonds. The zero-order chi connectivity index (χ0) is 30.5. The minimum absolute atomic E-state index is 0.0645. The third-order valence-electron chi connectivity index (χ3n) is 7.49. The number of aromatic nitrogens is 4. The Labute approximate surface area is 247 Å². The number of hydrogen-bond donors (Lipinski definition) is 2. The van der Waals surface area contributed by atoms with Gasteiger partial charge in [0.15, 0.2) is 11.2 Å². The van der Waals surface area contributed by atoms with Crippen molar-refractivity contribution in [1.29, 1.82) is 0 Å². The Morgan fingerprint density at radius 3 is 2.17 bits per heavy atom. The molecule has 0 saturated heterocycles. The van der Waals surface area contributed by atoms with E-state index in [1.165, 1.54) is 9.13 Å². The molecule has 0 aliphatic carbocycles. The van der Waals surface area contributed by atoms with Gasteiger partial charge < -0.3 is 19.9 Å². The maximum absolute atomic E-state index is 12.8. The third kappa shape index (κ3) is 9.32. The summed E-state index contributed by atoms with van der Waals surface area (Å²) in [5, 5.41) is 5.63. The van der Waals surface area contributed by atoms with Crippen molar-refractivity contribution < 1.29 is 14.3 Å². The van der Waals surface area contributed by atoms with E-state index in [4.69, 9.17) is 4.74 Å². The lowest BCUT2D eigenvalue weighted by atomic mass is 10.0. The van der Waals surface area contributed by atoms with Gasteiger partial charge in [0.1, 0.15) is 12.6 Å². The Balaban J connectivity index is 1.23. The van der Waals surface area contributed by atoms with Gasteiger partial charge in [0.25, 0.3) is 5.56 Å². The lowest BCUT2D eigenvalue weighted by molar-refractivity contribution is -0.124. The Kier molecular flexibility index (Phi) is 12.8. The van der Waals surface area contributed by atoms with E-state index in [0.717, 1.165) is 63.4 Å². The molecule has 0 spiro atoms. The second-order valence-electron chi connectivity index (χ2n) is 11.2. The average Bonchev–Trinajstić information content (AvgIpc) is 3.37. The third-order valence-corrected chi connectivity index (χ3v) is 7.49. The van der Waals surface area contributed by atoms with Crippen LogP contribution in [-0.4, -0.2) is 43.3 Å². The molecule has 0 saturated carbocycles. The number of hydrogen-bond acceptors (Lipinski definition) is 6. The van der Waals surface area contributed by atoms with E-state index in [-0.39, 0.29) is 29.7 Å². The van der Waals surface area contributed by atoms with Gasteiger partial charge in [-0.3, -0.25) is 18.7 Å². The number of nitrogens with one attached hydrogen (secondary N) is 2. The Morgan fingerprint density at radius 2 is 1.52 bits per heavy atom. The van der Waals surface area contributed by atoms with E-state index in [0.29, 0.717) is 24.3 Å². The number of amides is 2. The summed E-state index contributed by atoms with van der Waals surface area (Å²) < 4.78 is 9.68. The molecule has 230 valence electrons. The molecule has 3 aromatic rings. The predicted molar refractivity (Wildman–Crippen MR) is 163 cm³/mol. The Hall–Kier alpha value is -3.89. The summed E-state index contributed by atoms with van der Waals surface area (Å²) in [6, 6.07) is 8.77. The van der Waals surface area contributed by atoms with E-state index in [9.17, 15) is 19.2 Å². The van der Waals surface area contributed by atoms with Gasteiger partial charge in [0.05, 0.1) is 6.33 Å². The molecule has 0 bridgehead atoms. The summed E-state index contributed by atoms with van der Waals surface area (Å²) in [5.41, 5.74) is 1.16. The van der Waals surface area contributed by atoms with E-state index in [2.05, 4.69) is 15.6 Å². The van der Waals surface area contributed by atoms with Crippen LogP contribution in [0, 0.1) is 5.92 Å². The van der Waals surface area contributed by atoms with Crippen molar-refractivity contribution in [1.82, 2.24) is 29.3 Å². The van der Waals surface area contributed by atoms with Crippen LogP contribution >= 0.6 is 0 Å². The molecule has 2 N–H and O–H groups in total. The highest BCUT2D eigenvalue weighted by Crippen LogP contribution is 2.11. The summed E-state index contributed by atoms with van der Waals surface area (Å²) in [6.07, 6.45) is 10.2. The molecule has 11 heteroatoms. The second-order valence-corrected chi connectivity index (χ2v) is 11.2. The Bertz CT molecular complexity index is 1410. The molecule has 0 aliphatic heterocycles. The van der Waals surface area contributed by atoms with Crippen molar-refractivity contribution in [3.63, 3.8) is 0 Å². The van der Waals surface area contributed by atoms with Crippen LogP contribution in [0.4, 0.5) is 4.79 Å². The van der Waals surface area contributed by atoms with Gasteiger partial charge in [-0.25, -0.2) is 14.6 Å². The molecule has 2 heterocycles. The number of ether oxygens (including phenoxy) is 1. The molecular weight excluding hydrogens is 536 g/mol.